The molecule has 0 radical (unpaired) electrons. The van der Waals surface area contributed by atoms with Crippen molar-refractivity contribution in [3.05, 3.63) is 70.6 Å². The lowest BCUT2D eigenvalue weighted by molar-refractivity contribution is -0.917. The number of aliphatic imine (C=N–C) groups is 1. The Hall–Kier alpha value is -2.57. The highest BCUT2D eigenvalue weighted by atomic mass is 32.2. The van der Waals surface area contributed by atoms with Crippen LogP contribution in [0.3, 0.4) is 0 Å². The smallest absolute Gasteiger partial charge is 0.286 e. The molecule has 1 fully saturated rings. The van der Waals surface area contributed by atoms with Crippen molar-refractivity contribution in [1.29, 1.82) is 0 Å². The lowest BCUT2D eigenvalue weighted by Gasteiger charge is -2.32. The fourth-order valence-corrected chi connectivity index (χ4v) is 4.55. The summed E-state index contributed by atoms with van der Waals surface area (Å²) in [6.07, 6.45) is 1.91. The molecule has 0 unspecified atom stereocenters. The molecule has 2 aliphatic heterocycles. The van der Waals surface area contributed by atoms with E-state index < -0.39 is 0 Å². The summed E-state index contributed by atoms with van der Waals surface area (Å²) in [5, 5.41) is 0.839. The summed E-state index contributed by atoms with van der Waals surface area (Å²) < 4.78 is 5.47. The number of amides is 1. The van der Waals surface area contributed by atoms with Crippen molar-refractivity contribution in [3.63, 3.8) is 0 Å². The normalized spacial score (nSPS) is 18.9. The zero-order chi connectivity index (χ0) is 20.1. The second-order valence-electron chi connectivity index (χ2n) is 7.21. The van der Waals surface area contributed by atoms with Crippen LogP contribution in [0, 0.1) is 0 Å². The molecule has 1 saturated heterocycles. The Balaban J connectivity index is 1.33. The van der Waals surface area contributed by atoms with Crippen LogP contribution in [-0.2, 0) is 11.3 Å². The number of quaternary nitrogens is 1. The molecule has 6 heteroatoms. The molecule has 0 spiro atoms. The molecule has 2 aromatic carbocycles. The van der Waals surface area contributed by atoms with Crippen LogP contribution in [0.4, 0.5) is 0 Å². The number of thioether (sulfide) groups is 1. The predicted molar refractivity (Wildman–Crippen MR) is 118 cm³/mol. The molecule has 0 bridgehead atoms. The lowest BCUT2D eigenvalue weighted by Crippen LogP contribution is -3.13. The molecule has 0 aliphatic carbocycles. The zero-order valence-electron chi connectivity index (χ0n) is 16.6. The van der Waals surface area contributed by atoms with E-state index in [2.05, 4.69) is 40.2 Å². The van der Waals surface area contributed by atoms with Gasteiger partial charge >= 0.3 is 0 Å². The third kappa shape index (κ3) is 5.08. The summed E-state index contributed by atoms with van der Waals surface area (Å²) in [5.74, 6) is 0.700. The Labute approximate surface area is 176 Å². The van der Waals surface area contributed by atoms with Gasteiger partial charge in [-0.2, -0.15) is 4.99 Å². The third-order valence-corrected chi connectivity index (χ3v) is 6.18. The Morgan fingerprint density at radius 2 is 1.83 bits per heavy atom. The second kappa shape index (κ2) is 9.29. The number of hydrogen-bond donors (Lipinski definition) is 1. The van der Waals surface area contributed by atoms with Crippen LogP contribution in [0.1, 0.15) is 18.1 Å². The van der Waals surface area contributed by atoms with Gasteiger partial charge in [-0.05, 0) is 42.5 Å². The number of amidine groups is 1. The maximum atomic E-state index is 12.4. The molecule has 4 rings (SSSR count). The first-order valence-corrected chi connectivity index (χ1v) is 10.9. The van der Waals surface area contributed by atoms with Gasteiger partial charge in [-0.1, -0.05) is 42.5 Å². The van der Waals surface area contributed by atoms with Crippen molar-refractivity contribution in [2.75, 3.05) is 32.8 Å². The number of nitrogens with one attached hydrogen (secondary N) is 1. The quantitative estimate of drug-likeness (QED) is 0.772. The molecule has 1 N–H and O–H groups in total. The molecule has 0 saturated carbocycles. The van der Waals surface area contributed by atoms with Crippen molar-refractivity contribution in [2.24, 2.45) is 4.99 Å². The van der Waals surface area contributed by atoms with Gasteiger partial charge in [-0.3, -0.25) is 4.79 Å². The van der Waals surface area contributed by atoms with Crippen molar-refractivity contribution in [1.82, 2.24) is 4.90 Å². The highest BCUT2D eigenvalue weighted by Gasteiger charge is 2.29. The van der Waals surface area contributed by atoms with E-state index >= 15 is 0 Å². The van der Waals surface area contributed by atoms with Crippen LogP contribution < -0.4 is 9.64 Å². The van der Waals surface area contributed by atoms with Crippen LogP contribution in [0.15, 0.2) is 64.5 Å². The van der Waals surface area contributed by atoms with Gasteiger partial charge in [0.05, 0.1) is 37.7 Å². The van der Waals surface area contributed by atoms with Crippen molar-refractivity contribution in [3.8, 4) is 5.75 Å². The fraction of sp³-hybridized carbons (Fsp3) is 0.304. The van der Waals surface area contributed by atoms with Crippen LogP contribution >= 0.6 is 11.8 Å². The van der Waals surface area contributed by atoms with Crippen molar-refractivity contribution in [2.45, 2.75) is 13.5 Å². The Bertz CT molecular complexity index is 901. The molecule has 0 aromatic heterocycles. The van der Waals surface area contributed by atoms with Gasteiger partial charge in [-0.25, -0.2) is 0 Å². The highest BCUT2D eigenvalue weighted by Crippen LogP contribution is 2.30. The average Bonchev–Trinajstić information content (AvgIpc) is 3.11. The Kier molecular flexibility index (Phi) is 6.32. The first-order chi connectivity index (χ1) is 14.2. The van der Waals surface area contributed by atoms with E-state index in [1.165, 1.54) is 17.3 Å². The maximum Gasteiger partial charge on any atom is 0.286 e. The SMILES string of the molecule is CCOc1ccc(/C=C2/SC(N3CC[NH+](Cc4ccccc4)CC3)=NC2=O)cc1. The van der Waals surface area contributed by atoms with Gasteiger partial charge in [0.25, 0.3) is 5.91 Å². The number of carbonyl (C=O) groups excluding carboxylic acids is 1. The van der Waals surface area contributed by atoms with Gasteiger partial charge in [0.2, 0.25) is 0 Å². The van der Waals surface area contributed by atoms with E-state index in [-0.39, 0.29) is 5.91 Å². The second-order valence-corrected chi connectivity index (χ2v) is 8.22. The van der Waals surface area contributed by atoms with Crippen LogP contribution in [0.25, 0.3) is 6.08 Å². The number of carbonyl (C=O) groups is 1. The number of piperazine rings is 1. The summed E-state index contributed by atoms with van der Waals surface area (Å²) in [5.41, 5.74) is 2.36. The fourth-order valence-electron chi connectivity index (χ4n) is 3.59. The molecular weight excluding hydrogens is 382 g/mol. The summed E-state index contributed by atoms with van der Waals surface area (Å²) >= 11 is 1.49. The first-order valence-electron chi connectivity index (χ1n) is 10.1. The lowest BCUT2D eigenvalue weighted by atomic mass is 10.2. The summed E-state index contributed by atoms with van der Waals surface area (Å²) in [4.78, 5) is 21.2. The van der Waals surface area contributed by atoms with Gasteiger partial charge < -0.3 is 14.5 Å². The number of rotatable bonds is 5. The van der Waals surface area contributed by atoms with Crippen molar-refractivity contribution < 1.29 is 14.4 Å². The molecule has 1 amide bonds. The minimum atomic E-state index is -0.141. The molecule has 2 heterocycles. The summed E-state index contributed by atoms with van der Waals surface area (Å²) in [7, 11) is 0. The minimum absolute atomic E-state index is 0.141. The summed E-state index contributed by atoms with van der Waals surface area (Å²) in [6.45, 7) is 7.63. The van der Waals surface area contributed by atoms with E-state index in [9.17, 15) is 4.79 Å². The molecular formula is C23H26N3O2S+. The standard InChI is InChI=1S/C23H25N3O2S/c1-2-28-20-10-8-18(9-11-20)16-21-22(27)24-23(29-21)26-14-12-25(13-15-26)17-19-6-4-3-5-7-19/h3-11,16H,2,12-15,17H2,1H3/p+1/b21-16+. The Morgan fingerprint density at radius 3 is 2.52 bits per heavy atom. The van der Waals surface area contributed by atoms with Gasteiger partial charge in [0, 0.05) is 5.56 Å². The van der Waals surface area contributed by atoms with E-state index in [4.69, 9.17) is 4.74 Å². The first kappa shape index (κ1) is 19.7. The van der Waals surface area contributed by atoms with Gasteiger partial charge in [-0.15, -0.1) is 0 Å². The van der Waals surface area contributed by atoms with Crippen LogP contribution in [0.5, 0.6) is 5.75 Å². The molecule has 2 aliphatic rings. The van der Waals surface area contributed by atoms with Crippen LogP contribution in [0.2, 0.25) is 0 Å². The zero-order valence-corrected chi connectivity index (χ0v) is 17.5. The molecule has 2 aromatic rings. The molecule has 150 valence electrons. The topological polar surface area (TPSA) is 46.3 Å². The van der Waals surface area contributed by atoms with Gasteiger partial charge in [0.1, 0.15) is 12.3 Å². The third-order valence-electron chi connectivity index (χ3n) is 5.14. The molecule has 5 nitrogen and oxygen atoms in total. The number of benzene rings is 2. The maximum absolute atomic E-state index is 12.4. The van der Waals surface area contributed by atoms with E-state index in [0.717, 1.165) is 49.2 Å². The van der Waals surface area contributed by atoms with Crippen molar-refractivity contribution >= 4 is 28.9 Å². The largest absolute Gasteiger partial charge is 0.494 e. The monoisotopic (exact) mass is 408 g/mol. The molecule has 0 atom stereocenters. The minimum Gasteiger partial charge on any atom is -0.494 e. The molecule has 29 heavy (non-hydrogen) atoms. The average molecular weight is 409 g/mol. The summed E-state index contributed by atoms with van der Waals surface area (Å²) in [6, 6.07) is 18.4. The number of nitrogens with zero attached hydrogens (tertiary/aromatic N) is 2. The Morgan fingerprint density at radius 1 is 1.10 bits per heavy atom. The number of hydrogen-bond acceptors (Lipinski definition) is 4. The van der Waals surface area contributed by atoms with Gasteiger partial charge in [0.15, 0.2) is 5.17 Å². The number of ether oxygens (including phenoxy) is 1. The van der Waals surface area contributed by atoms with E-state index in [1.54, 1.807) is 4.90 Å². The predicted octanol–water partition coefficient (Wildman–Crippen LogP) is 2.46. The van der Waals surface area contributed by atoms with E-state index in [0.29, 0.717) is 11.5 Å². The highest BCUT2D eigenvalue weighted by molar-refractivity contribution is 8.18. The van der Waals surface area contributed by atoms with E-state index in [1.807, 2.05) is 37.3 Å². The van der Waals surface area contributed by atoms with Crippen LogP contribution in [-0.4, -0.2) is 48.8 Å².